The summed E-state index contributed by atoms with van der Waals surface area (Å²) in [6.45, 7) is 0. The molecule has 0 radical (unpaired) electrons. The molecule has 4 heteroatoms. The van der Waals surface area contributed by atoms with Crippen molar-refractivity contribution >= 4 is 23.1 Å². The second kappa shape index (κ2) is 22.4. The van der Waals surface area contributed by atoms with E-state index in [4.69, 9.17) is 0 Å². The van der Waals surface area contributed by atoms with Crippen molar-refractivity contribution in [1.29, 1.82) is 0 Å². The molecule has 0 saturated carbocycles. The van der Waals surface area contributed by atoms with E-state index < -0.39 is 0 Å². The molecule has 0 aliphatic carbocycles. The fourth-order valence-electron chi connectivity index (χ4n) is 0. The maximum atomic E-state index is 0. The van der Waals surface area contributed by atoms with Crippen LogP contribution in [0, 0.1) is 0 Å². The molecule has 0 bridgehead atoms. The molecule has 0 aliphatic heterocycles. The van der Waals surface area contributed by atoms with Gasteiger partial charge in [0.1, 0.15) is 0 Å². The first kappa shape index (κ1) is 43.9. The third-order valence-electron chi connectivity index (χ3n) is 0. The first-order valence-corrected chi connectivity index (χ1v) is 0. The maximum Gasteiger partial charge on any atom is 2.00 e. The Morgan fingerprint density at radius 2 is 1.00 bits per heavy atom. The number of hydrogen-bond donors (Lipinski definition) is 0. The fourth-order valence-corrected chi connectivity index (χ4v) is 0. The van der Waals surface area contributed by atoms with Crippen LogP contribution in [0.2, 0.25) is 0 Å². The first-order valence-electron chi connectivity index (χ1n) is 0. The predicted octanol–water partition coefficient (Wildman–Crippen LogP) is -4.69. The van der Waals surface area contributed by atoms with Gasteiger partial charge in [0.2, 0.25) is 0 Å². The Labute approximate surface area is 67.5 Å². The van der Waals surface area contributed by atoms with Crippen molar-refractivity contribution < 1.29 is 44.8 Å². The Kier molecular flexibility index (Phi) is 246. The van der Waals surface area contributed by atoms with Crippen LogP contribution in [0.5, 0.6) is 0 Å². The maximum absolute atomic E-state index is 0. The van der Waals surface area contributed by atoms with Gasteiger partial charge in [-0.25, -0.2) is 0 Å². The minimum Gasteiger partial charge on any atom is -1.00 e. The third kappa shape index (κ3) is 9.35. The van der Waals surface area contributed by atoms with Gasteiger partial charge in [0.25, 0.3) is 0 Å². The summed E-state index contributed by atoms with van der Waals surface area (Å²) in [6.07, 6.45) is 0. The van der Waals surface area contributed by atoms with E-state index in [0.717, 1.165) is 0 Å². The SMILES string of the molecule is O.O.[H-].[H-].[H-].[Mg+2].[Na+]. The second-order valence-corrected chi connectivity index (χ2v) is 0. The largest absolute Gasteiger partial charge is 2.00 e. The van der Waals surface area contributed by atoms with Gasteiger partial charge >= 0.3 is 52.6 Å². The van der Waals surface area contributed by atoms with Gasteiger partial charge in [-0.05, 0) is 0 Å². The van der Waals surface area contributed by atoms with Crippen molar-refractivity contribution in [1.82, 2.24) is 0 Å². The van der Waals surface area contributed by atoms with Gasteiger partial charge in [0, 0.05) is 0 Å². The van der Waals surface area contributed by atoms with E-state index in [1.54, 1.807) is 0 Å². The van der Waals surface area contributed by atoms with Crippen LogP contribution in [0.4, 0.5) is 0 Å². The van der Waals surface area contributed by atoms with Crippen LogP contribution in [-0.4, -0.2) is 34.0 Å². The average molecular weight is 86.3 g/mol. The molecule has 0 aromatic carbocycles. The molecule has 0 unspecified atom stereocenters. The van der Waals surface area contributed by atoms with E-state index in [1.807, 2.05) is 0 Å². The van der Waals surface area contributed by atoms with Crippen molar-refractivity contribution in [3.63, 3.8) is 0 Å². The van der Waals surface area contributed by atoms with Gasteiger partial charge in [-0.2, -0.15) is 0 Å². The van der Waals surface area contributed by atoms with Crippen molar-refractivity contribution in [3.05, 3.63) is 0 Å². The van der Waals surface area contributed by atoms with E-state index in [0.29, 0.717) is 0 Å². The molecule has 0 rings (SSSR count). The molecule has 2 nitrogen and oxygen atoms in total. The van der Waals surface area contributed by atoms with Crippen molar-refractivity contribution in [2.75, 3.05) is 0 Å². The normalized spacial score (nSPS) is 0. The summed E-state index contributed by atoms with van der Waals surface area (Å²) in [7, 11) is 0. The zero-order valence-corrected chi connectivity index (χ0v) is 6.12. The smallest absolute Gasteiger partial charge is 1.00 e. The second-order valence-electron chi connectivity index (χ2n) is 0. The molecular formula is H7MgNaO2. The summed E-state index contributed by atoms with van der Waals surface area (Å²) in [5.41, 5.74) is 0. The van der Waals surface area contributed by atoms with Gasteiger partial charge in [0.05, 0.1) is 0 Å². The predicted molar refractivity (Wildman–Crippen MR) is 16.3 cm³/mol. The topological polar surface area (TPSA) is 63.0 Å². The Morgan fingerprint density at radius 3 is 1.00 bits per heavy atom. The molecule has 4 N–H and O–H groups in total. The summed E-state index contributed by atoms with van der Waals surface area (Å²) in [5.74, 6) is 0. The minimum atomic E-state index is 0. The summed E-state index contributed by atoms with van der Waals surface area (Å²) in [4.78, 5) is 0. The molecular weight excluding hydrogens is 79.3 g/mol. The zero-order chi connectivity index (χ0) is 0. The molecule has 0 aromatic heterocycles. The van der Waals surface area contributed by atoms with Crippen LogP contribution in [0.25, 0.3) is 0 Å². The summed E-state index contributed by atoms with van der Waals surface area (Å²) in [5, 5.41) is 0. The van der Waals surface area contributed by atoms with Gasteiger partial charge in [-0.3, -0.25) is 0 Å². The molecule has 4 heavy (non-hydrogen) atoms. The summed E-state index contributed by atoms with van der Waals surface area (Å²) < 4.78 is 0. The quantitative estimate of drug-likeness (QED) is 0.266. The van der Waals surface area contributed by atoms with Crippen LogP contribution in [0.15, 0.2) is 0 Å². The monoisotopic (exact) mass is 86.0 g/mol. The van der Waals surface area contributed by atoms with Crippen molar-refractivity contribution in [3.8, 4) is 0 Å². The molecule has 0 atom stereocenters. The van der Waals surface area contributed by atoms with E-state index >= 15 is 0 Å². The Balaban J connectivity index is 0. The Hall–Kier alpha value is 1.69. The third-order valence-corrected chi connectivity index (χ3v) is 0. The zero-order valence-electron chi connectivity index (χ0n) is 5.71. The van der Waals surface area contributed by atoms with Crippen LogP contribution >= 0.6 is 0 Å². The van der Waals surface area contributed by atoms with Crippen LogP contribution in [0.3, 0.4) is 0 Å². The molecule has 22 valence electrons. The molecule has 0 aromatic rings. The summed E-state index contributed by atoms with van der Waals surface area (Å²) in [6, 6.07) is 0. The Bertz CT molecular complexity index is 12.9. The molecule has 0 spiro atoms. The molecule has 0 fully saturated rings. The van der Waals surface area contributed by atoms with Gasteiger partial charge in [0.15, 0.2) is 0 Å². The standard InChI is InChI=1S/Mg.Na.2H2O.3H/h;;2*1H2;;;/q+2;+1;;;3*-1. The number of hydrogen-bond acceptors (Lipinski definition) is 0. The van der Waals surface area contributed by atoms with Crippen molar-refractivity contribution in [2.45, 2.75) is 0 Å². The van der Waals surface area contributed by atoms with Gasteiger partial charge < -0.3 is 15.2 Å². The molecule has 0 saturated heterocycles. The molecule has 0 heterocycles. The minimum absolute atomic E-state index is 0. The van der Waals surface area contributed by atoms with E-state index in [2.05, 4.69) is 0 Å². The van der Waals surface area contributed by atoms with Crippen LogP contribution < -0.4 is 29.6 Å². The number of rotatable bonds is 0. The van der Waals surface area contributed by atoms with Gasteiger partial charge in [-0.15, -0.1) is 0 Å². The average Bonchev–Trinajstić information content (AvgIpc) is 0. The van der Waals surface area contributed by atoms with E-state index in [-0.39, 0.29) is 67.8 Å². The first-order chi connectivity index (χ1) is 0. The summed E-state index contributed by atoms with van der Waals surface area (Å²) >= 11 is 0. The molecule has 0 aliphatic rings. The van der Waals surface area contributed by atoms with Crippen molar-refractivity contribution in [2.24, 2.45) is 0 Å². The van der Waals surface area contributed by atoms with Crippen LogP contribution in [0.1, 0.15) is 4.28 Å². The fraction of sp³-hybridized carbons (Fsp3) is 0. The molecule has 0 amide bonds. The van der Waals surface area contributed by atoms with Crippen LogP contribution in [-0.2, 0) is 0 Å². The van der Waals surface area contributed by atoms with Gasteiger partial charge in [-0.1, -0.05) is 0 Å². The van der Waals surface area contributed by atoms with E-state index in [1.165, 1.54) is 0 Å². The Morgan fingerprint density at radius 1 is 1.00 bits per heavy atom. The van der Waals surface area contributed by atoms with E-state index in [9.17, 15) is 0 Å².